The fourth-order valence-electron chi connectivity index (χ4n) is 3.83. The first kappa shape index (κ1) is 21.0. The highest BCUT2D eigenvalue weighted by Crippen LogP contribution is 2.32. The maximum absolute atomic E-state index is 12.8. The van der Waals surface area contributed by atoms with E-state index in [1.807, 2.05) is 48.5 Å². The van der Waals surface area contributed by atoms with Gasteiger partial charge in [0.15, 0.2) is 11.5 Å². The lowest BCUT2D eigenvalue weighted by Gasteiger charge is -2.35. The first-order chi connectivity index (χ1) is 15.1. The monoisotopic (exact) mass is 425 g/mol. The number of piperazine rings is 1. The van der Waals surface area contributed by atoms with Crippen molar-refractivity contribution in [3.05, 3.63) is 59.7 Å². The Bertz CT molecular complexity index is 913. The molecule has 1 saturated heterocycles. The smallest absolute Gasteiger partial charge is 0.328 e. The topological polar surface area (TPSA) is 80.3 Å². The molecule has 2 aliphatic heterocycles. The van der Waals surface area contributed by atoms with Crippen molar-refractivity contribution in [3.63, 3.8) is 0 Å². The van der Waals surface area contributed by atoms with Crippen LogP contribution < -0.4 is 14.8 Å². The molecule has 0 unspecified atom stereocenters. The number of methoxy groups -OCH3 is 1. The number of fused-ring (bicyclic) bond motifs is 1. The van der Waals surface area contributed by atoms with Crippen molar-refractivity contribution in [3.8, 4) is 11.5 Å². The summed E-state index contributed by atoms with van der Waals surface area (Å²) in [7, 11) is 1.33. The van der Waals surface area contributed by atoms with E-state index < -0.39 is 12.0 Å². The number of benzene rings is 2. The molecular formula is C23H27N3O5. The molecule has 31 heavy (non-hydrogen) atoms. The maximum Gasteiger partial charge on any atom is 0.328 e. The van der Waals surface area contributed by atoms with E-state index in [0.717, 1.165) is 42.3 Å². The van der Waals surface area contributed by atoms with Gasteiger partial charge in [-0.15, -0.1) is 0 Å². The van der Waals surface area contributed by atoms with Gasteiger partial charge in [0.05, 0.1) is 7.11 Å². The van der Waals surface area contributed by atoms with Crippen LogP contribution in [0.1, 0.15) is 11.1 Å². The maximum atomic E-state index is 12.8. The average molecular weight is 425 g/mol. The van der Waals surface area contributed by atoms with E-state index in [2.05, 4.69) is 10.2 Å². The van der Waals surface area contributed by atoms with Crippen LogP contribution in [-0.2, 0) is 22.5 Å². The number of amides is 2. The lowest BCUT2D eigenvalue weighted by atomic mass is 10.1. The highest BCUT2D eigenvalue weighted by atomic mass is 16.7. The van der Waals surface area contributed by atoms with Gasteiger partial charge in [-0.3, -0.25) is 4.90 Å². The summed E-state index contributed by atoms with van der Waals surface area (Å²) < 4.78 is 15.7. The fraction of sp³-hybridized carbons (Fsp3) is 0.391. The molecule has 1 fully saturated rings. The Balaban J connectivity index is 1.29. The standard InChI is InChI=1S/C23H27N3O5/c1-29-22(27)19(13-17-5-3-2-4-6-17)24-23(28)26-11-9-25(10-12-26)15-18-7-8-20-21(14-18)31-16-30-20/h2-8,14,19H,9-13,15-16H2,1H3,(H,24,28)/t19-/m0/s1. The van der Waals surface area contributed by atoms with E-state index >= 15 is 0 Å². The summed E-state index contributed by atoms with van der Waals surface area (Å²) in [6.07, 6.45) is 0.392. The van der Waals surface area contributed by atoms with Crippen LogP contribution in [0.2, 0.25) is 0 Å². The Morgan fingerprint density at radius 2 is 1.74 bits per heavy atom. The minimum Gasteiger partial charge on any atom is -0.467 e. The summed E-state index contributed by atoms with van der Waals surface area (Å²) in [5.74, 6) is 1.11. The number of ether oxygens (including phenoxy) is 3. The van der Waals surface area contributed by atoms with Crippen molar-refractivity contribution >= 4 is 12.0 Å². The van der Waals surface area contributed by atoms with E-state index in [1.54, 1.807) is 4.90 Å². The molecule has 0 bridgehead atoms. The van der Waals surface area contributed by atoms with Crippen molar-refractivity contribution in [2.75, 3.05) is 40.1 Å². The van der Waals surface area contributed by atoms with Gasteiger partial charge in [-0.05, 0) is 23.3 Å². The molecule has 0 aliphatic carbocycles. The van der Waals surface area contributed by atoms with Gasteiger partial charge in [-0.1, -0.05) is 36.4 Å². The van der Waals surface area contributed by atoms with E-state index in [9.17, 15) is 9.59 Å². The number of rotatable bonds is 6. The fourth-order valence-corrected chi connectivity index (χ4v) is 3.83. The van der Waals surface area contributed by atoms with Crippen molar-refractivity contribution < 1.29 is 23.8 Å². The molecular weight excluding hydrogens is 398 g/mol. The summed E-state index contributed by atoms with van der Waals surface area (Å²) in [5, 5.41) is 2.84. The van der Waals surface area contributed by atoms with E-state index in [0.29, 0.717) is 19.5 Å². The molecule has 0 radical (unpaired) electrons. The summed E-state index contributed by atoms with van der Waals surface area (Å²) in [6.45, 7) is 3.74. The quantitative estimate of drug-likeness (QED) is 0.714. The largest absolute Gasteiger partial charge is 0.467 e. The molecule has 2 aromatic rings. The Labute approximate surface area is 181 Å². The van der Waals surface area contributed by atoms with Gasteiger partial charge in [-0.25, -0.2) is 9.59 Å². The van der Waals surface area contributed by atoms with E-state index in [4.69, 9.17) is 14.2 Å². The minimum absolute atomic E-state index is 0.242. The molecule has 2 amide bonds. The lowest BCUT2D eigenvalue weighted by Crippen LogP contribution is -2.55. The first-order valence-electron chi connectivity index (χ1n) is 10.4. The first-order valence-corrected chi connectivity index (χ1v) is 10.4. The Kier molecular flexibility index (Phi) is 6.57. The van der Waals surface area contributed by atoms with Gasteiger partial charge in [0.2, 0.25) is 6.79 Å². The third kappa shape index (κ3) is 5.27. The predicted molar refractivity (Wildman–Crippen MR) is 114 cm³/mol. The van der Waals surface area contributed by atoms with Crippen LogP contribution in [0.3, 0.4) is 0 Å². The number of hydrogen-bond acceptors (Lipinski definition) is 6. The van der Waals surface area contributed by atoms with E-state index in [-0.39, 0.29) is 12.8 Å². The lowest BCUT2D eigenvalue weighted by molar-refractivity contribution is -0.142. The molecule has 2 heterocycles. The zero-order valence-corrected chi connectivity index (χ0v) is 17.6. The summed E-state index contributed by atoms with van der Waals surface area (Å²) in [5.41, 5.74) is 2.11. The van der Waals surface area contributed by atoms with Gasteiger partial charge < -0.3 is 24.4 Å². The Hall–Kier alpha value is -3.26. The van der Waals surface area contributed by atoms with Crippen LogP contribution in [0.25, 0.3) is 0 Å². The van der Waals surface area contributed by atoms with E-state index in [1.165, 1.54) is 7.11 Å². The molecule has 1 atom stereocenters. The van der Waals surface area contributed by atoms with Gasteiger partial charge >= 0.3 is 12.0 Å². The molecule has 4 rings (SSSR count). The van der Waals surface area contributed by atoms with Crippen LogP contribution in [0.5, 0.6) is 11.5 Å². The van der Waals surface area contributed by atoms with Crippen LogP contribution in [0.4, 0.5) is 4.79 Å². The number of nitrogens with one attached hydrogen (secondary N) is 1. The number of urea groups is 1. The molecule has 2 aliphatic rings. The second kappa shape index (κ2) is 9.70. The van der Waals surface area contributed by atoms with Crippen LogP contribution in [0, 0.1) is 0 Å². The zero-order chi connectivity index (χ0) is 21.6. The normalized spacial score (nSPS) is 16.6. The van der Waals surface area contributed by atoms with Crippen molar-refractivity contribution in [1.82, 2.24) is 15.1 Å². The third-order valence-corrected chi connectivity index (χ3v) is 5.57. The van der Waals surface area contributed by atoms with Crippen molar-refractivity contribution in [2.24, 2.45) is 0 Å². The second-order valence-electron chi connectivity index (χ2n) is 7.67. The third-order valence-electron chi connectivity index (χ3n) is 5.57. The molecule has 1 N–H and O–H groups in total. The van der Waals surface area contributed by atoms with Crippen LogP contribution in [0.15, 0.2) is 48.5 Å². The number of esters is 1. The molecule has 2 aromatic carbocycles. The highest BCUT2D eigenvalue weighted by molar-refractivity contribution is 5.83. The summed E-state index contributed by atoms with van der Waals surface area (Å²) in [6, 6.07) is 14.6. The number of carbonyl (C=O) groups is 2. The summed E-state index contributed by atoms with van der Waals surface area (Å²) >= 11 is 0. The number of hydrogen-bond donors (Lipinski definition) is 1. The van der Waals surface area contributed by atoms with Gasteiger partial charge in [0, 0.05) is 39.1 Å². The van der Waals surface area contributed by atoms with Crippen molar-refractivity contribution in [1.29, 1.82) is 0 Å². The zero-order valence-electron chi connectivity index (χ0n) is 17.6. The van der Waals surface area contributed by atoms with Gasteiger partial charge in [-0.2, -0.15) is 0 Å². The van der Waals surface area contributed by atoms with Crippen LogP contribution >= 0.6 is 0 Å². The molecule has 164 valence electrons. The minimum atomic E-state index is -0.716. The Morgan fingerprint density at radius 3 is 2.48 bits per heavy atom. The number of carbonyl (C=O) groups excluding carboxylic acids is 2. The molecule has 0 spiro atoms. The highest BCUT2D eigenvalue weighted by Gasteiger charge is 2.27. The van der Waals surface area contributed by atoms with Gasteiger partial charge in [0.1, 0.15) is 6.04 Å². The molecule has 8 heteroatoms. The molecule has 0 aromatic heterocycles. The molecule has 0 saturated carbocycles. The summed E-state index contributed by atoms with van der Waals surface area (Å²) in [4.78, 5) is 29.0. The second-order valence-corrected chi connectivity index (χ2v) is 7.67. The van der Waals surface area contributed by atoms with Gasteiger partial charge in [0.25, 0.3) is 0 Å². The predicted octanol–water partition coefficient (Wildman–Crippen LogP) is 2.03. The molecule has 8 nitrogen and oxygen atoms in total. The average Bonchev–Trinajstić information content (AvgIpc) is 3.27. The SMILES string of the molecule is COC(=O)[C@H](Cc1ccccc1)NC(=O)N1CCN(Cc2ccc3c(c2)OCO3)CC1. The van der Waals surface area contributed by atoms with Crippen molar-refractivity contribution in [2.45, 2.75) is 19.0 Å². The Morgan fingerprint density at radius 1 is 1.00 bits per heavy atom. The van der Waals surface area contributed by atoms with Crippen LogP contribution in [-0.4, -0.2) is 67.9 Å². The number of nitrogens with zero attached hydrogens (tertiary/aromatic N) is 2.